The van der Waals surface area contributed by atoms with E-state index in [-0.39, 0.29) is 18.8 Å². The molecule has 1 aromatic rings. The molecule has 0 saturated heterocycles. The van der Waals surface area contributed by atoms with Crippen LogP contribution in [0.4, 0.5) is 8.78 Å². The van der Waals surface area contributed by atoms with Gasteiger partial charge in [0, 0.05) is 25.3 Å². The van der Waals surface area contributed by atoms with E-state index >= 15 is 0 Å². The van der Waals surface area contributed by atoms with E-state index in [0.29, 0.717) is 12.8 Å². The predicted octanol–water partition coefficient (Wildman–Crippen LogP) is 2.94. The maximum absolute atomic E-state index is 13.0. The Labute approximate surface area is 104 Å². The number of aromatic nitrogens is 2. The lowest BCUT2D eigenvalue weighted by atomic mass is 9.87. The first kappa shape index (κ1) is 12.8. The summed E-state index contributed by atoms with van der Waals surface area (Å²) in [6.07, 6.45) is 1.03. The van der Waals surface area contributed by atoms with Crippen molar-refractivity contribution in [3.05, 3.63) is 10.0 Å². The minimum absolute atomic E-state index is 0.0141. The Morgan fingerprint density at radius 3 is 2.71 bits per heavy atom. The van der Waals surface area contributed by atoms with Crippen LogP contribution in [0.25, 0.3) is 0 Å². The number of nitrogens with one attached hydrogen (secondary N) is 1. The van der Waals surface area contributed by atoms with E-state index in [2.05, 4.69) is 15.5 Å². The molecule has 96 valence electrons. The van der Waals surface area contributed by atoms with Crippen molar-refractivity contribution in [2.24, 2.45) is 0 Å². The molecule has 1 saturated carbocycles. The maximum Gasteiger partial charge on any atom is 0.248 e. The van der Waals surface area contributed by atoms with Gasteiger partial charge >= 0.3 is 0 Å². The van der Waals surface area contributed by atoms with Crippen LogP contribution >= 0.6 is 11.3 Å². The Morgan fingerprint density at radius 2 is 2.06 bits per heavy atom. The van der Waals surface area contributed by atoms with Crippen LogP contribution < -0.4 is 5.32 Å². The van der Waals surface area contributed by atoms with Gasteiger partial charge in [0.15, 0.2) is 0 Å². The third kappa shape index (κ3) is 3.42. The molecule has 0 atom stereocenters. The van der Waals surface area contributed by atoms with Crippen molar-refractivity contribution in [1.82, 2.24) is 15.5 Å². The zero-order valence-electron chi connectivity index (χ0n) is 9.88. The molecule has 1 aromatic heterocycles. The van der Waals surface area contributed by atoms with Crippen LogP contribution in [-0.4, -0.2) is 22.7 Å². The molecule has 6 heteroatoms. The fourth-order valence-electron chi connectivity index (χ4n) is 2.02. The lowest BCUT2D eigenvalue weighted by Gasteiger charge is -2.26. The largest absolute Gasteiger partial charge is 0.311 e. The monoisotopic (exact) mass is 261 g/mol. The van der Waals surface area contributed by atoms with Crippen LogP contribution in [0.1, 0.15) is 48.5 Å². The first-order chi connectivity index (χ1) is 8.11. The predicted molar refractivity (Wildman–Crippen MR) is 63.4 cm³/mol. The number of halogens is 2. The van der Waals surface area contributed by atoms with Gasteiger partial charge in [0.1, 0.15) is 10.0 Å². The topological polar surface area (TPSA) is 37.8 Å². The second kappa shape index (κ2) is 5.35. The van der Waals surface area contributed by atoms with Gasteiger partial charge in [0.25, 0.3) is 0 Å². The standard InChI is InChI=1S/C11H17F2N3S/c1-2-14-7-9-15-16-10(17-9)8-3-5-11(12,13)6-4-8/h8,14H,2-7H2,1H3. The van der Waals surface area contributed by atoms with E-state index < -0.39 is 5.92 Å². The number of rotatable bonds is 4. The molecule has 1 aliphatic carbocycles. The van der Waals surface area contributed by atoms with Crippen LogP contribution in [0.15, 0.2) is 0 Å². The highest BCUT2D eigenvalue weighted by atomic mass is 32.1. The molecule has 0 aliphatic heterocycles. The highest BCUT2D eigenvalue weighted by Crippen LogP contribution is 2.41. The van der Waals surface area contributed by atoms with Gasteiger partial charge < -0.3 is 5.32 Å². The molecule has 0 bridgehead atoms. The Kier molecular flexibility index (Phi) is 4.04. The molecule has 1 fully saturated rings. The quantitative estimate of drug-likeness (QED) is 0.905. The average Bonchev–Trinajstić information content (AvgIpc) is 2.75. The first-order valence-electron chi connectivity index (χ1n) is 6.01. The molecule has 0 unspecified atom stereocenters. The van der Waals surface area contributed by atoms with Gasteiger partial charge in [-0.25, -0.2) is 8.78 Å². The fourth-order valence-corrected chi connectivity index (χ4v) is 3.00. The van der Waals surface area contributed by atoms with E-state index in [0.717, 1.165) is 23.1 Å². The van der Waals surface area contributed by atoms with E-state index in [1.165, 1.54) is 0 Å². The third-order valence-corrected chi connectivity index (χ3v) is 4.16. The number of hydrogen-bond donors (Lipinski definition) is 1. The minimum atomic E-state index is -2.46. The van der Waals surface area contributed by atoms with Crippen molar-refractivity contribution in [2.45, 2.75) is 51.0 Å². The summed E-state index contributed by atoms with van der Waals surface area (Å²) >= 11 is 1.55. The maximum atomic E-state index is 13.0. The fraction of sp³-hybridized carbons (Fsp3) is 0.818. The highest BCUT2D eigenvalue weighted by molar-refractivity contribution is 7.11. The molecular formula is C11H17F2N3S. The molecule has 1 N–H and O–H groups in total. The van der Waals surface area contributed by atoms with Crippen molar-refractivity contribution in [1.29, 1.82) is 0 Å². The summed E-state index contributed by atoms with van der Waals surface area (Å²) < 4.78 is 26.0. The minimum Gasteiger partial charge on any atom is -0.311 e. The zero-order valence-corrected chi connectivity index (χ0v) is 10.7. The number of hydrogen-bond acceptors (Lipinski definition) is 4. The van der Waals surface area contributed by atoms with Gasteiger partial charge in [-0.1, -0.05) is 18.3 Å². The van der Waals surface area contributed by atoms with Crippen LogP contribution in [-0.2, 0) is 6.54 Å². The zero-order chi connectivity index (χ0) is 12.3. The second-order valence-corrected chi connectivity index (χ2v) is 5.54. The van der Waals surface area contributed by atoms with E-state index in [9.17, 15) is 8.78 Å². The van der Waals surface area contributed by atoms with Gasteiger partial charge in [-0.15, -0.1) is 10.2 Å². The summed E-state index contributed by atoms with van der Waals surface area (Å²) in [6, 6.07) is 0. The first-order valence-corrected chi connectivity index (χ1v) is 6.83. The van der Waals surface area contributed by atoms with Gasteiger partial charge in [-0.05, 0) is 19.4 Å². The number of alkyl halides is 2. The molecule has 0 amide bonds. The average molecular weight is 261 g/mol. The molecule has 2 rings (SSSR count). The summed E-state index contributed by atoms with van der Waals surface area (Å²) in [4.78, 5) is 0. The Morgan fingerprint density at radius 1 is 1.35 bits per heavy atom. The molecule has 0 aromatic carbocycles. The van der Waals surface area contributed by atoms with Gasteiger partial charge in [0.2, 0.25) is 5.92 Å². The van der Waals surface area contributed by atoms with Gasteiger partial charge in [-0.2, -0.15) is 0 Å². The van der Waals surface area contributed by atoms with Crippen molar-refractivity contribution < 1.29 is 8.78 Å². The lowest BCUT2D eigenvalue weighted by Crippen LogP contribution is -2.23. The Balaban J connectivity index is 1.92. The molecular weight excluding hydrogens is 244 g/mol. The van der Waals surface area contributed by atoms with Crippen molar-refractivity contribution in [2.75, 3.05) is 6.54 Å². The van der Waals surface area contributed by atoms with Crippen molar-refractivity contribution in [3.8, 4) is 0 Å². The lowest BCUT2D eigenvalue weighted by molar-refractivity contribution is -0.0382. The molecule has 1 heterocycles. The van der Waals surface area contributed by atoms with Crippen molar-refractivity contribution >= 4 is 11.3 Å². The van der Waals surface area contributed by atoms with Crippen LogP contribution in [0.2, 0.25) is 0 Å². The van der Waals surface area contributed by atoms with E-state index in [1.807, 2.05) is 6.92 Å². The molecule has 0 radical (unpaired) electrons. The summed E-state index contributed by atoms with van der Waals surface area (Å²) in [5.41, 5.74) is 0. The van der Waals surface area contributed by atoms with Crippen LogP contribution in [0.5, 0.6) is 0 Å². The number of nitrogens with zero attached hydrogens (tertiary/aromatic N) is 2. The normalized spacial score (nSPS) is 20.6. The second-order valence-electron chi connectivity index (χ2n) is 4.44. The van der Waals surface area contributed by atoms with E-state index in [1.54, 1.807) is 11.3 Å². The summed E-state index contributed by atoms with van der Waals surface area (Å²) in [5, 5.41) is 13.3. The summed E-state index contributed by atoms with van der Waals surface area (Å²) in [6.45, 7) is 3.65. The van der Waals surface area contributed by atoms with Gasteiger partial charge in [0.05, 0.1) is 0 Å². The summed E-state index contributed by atoms with van der Waals surface area (Å²) in [7, 11) is 0. The SMILES string of the molecule is CCNCc1nnc(C2CCC(F)(F)CC2)s1. The Hall–Kier alpha value is -0.620. The molecule has 1 aliphatic rings. The smallest absolute Gasteiger partial charge is 0.248 e. The van der Waals surface area contributed by atoms with Gasteiger partial charge in [-0.3, -0.25) is 0 Å². The Bertz CT molecular complexity index is 357. The van der Waals surface area contributed by atoms with E-state index in [4.69, 9.17) is 0 Å². The molecule has 3 nitrogen and oxygen atoms in total. The third-order valence-electron chi connectivity index (χ3n) is 3.08. The van der Waals surface area contributed by atoms with Crippen LogP contribution in [0, 0.1) is 0 Å². The molecule has 0 spiro atoms. The molecule has 17 heavy (non-hydrogen) atoms. The highest BCUT2D eigenvalue weighted by Gasteiger charge is 2.36. The van der Waals surface area contributed by atoms with Crippen LogP contribution in [0.3, 0.4) is 0 Å². The summed E-state index contributed by atoms with van der Waals surface area (Å²) in [5.74, 6) is -2.28. The van der Waals surface area contributed by atoms with Crippen molar-refractivity contribution in [3.63, 3.8) is 0 Å².